The second-order valence-corrected chi connectivity index (χ2v) is 11.3. The molecule has 3 saturated heterocycles. The fourth-order valence-corrected chi connectivity index (χ4v) is 5.92. The van der Waals surface area contributed by atoms with Crippen molar-refractivity contribution in [2.24, 2.45) is 11.7 Å². The van der Waals surface area contributed by atoms with E-state index in [0.717, 1.165) is 57.6 Å². The summed E-state index contributed by atoms with van der Waals surface area (Å²) in [5.74, 6) is 0.534. The molecule has 0 radical (unpaired) electrons. The van der Waals surface area contributed by atoms with Gasteiger partial charge in [-0.1, -0.05) is 12.1 Å². The summed E-state index contributed by atoms with van der Waals surface area (Å²) in [5.41, 5.74) is 6.99. The number of ether oxygens (including phenoxy) is 1. The number of alkyl halides is 3. The Morgan fingerprint density at radius 3 is 2.22 bits per heavy atom. The van der Waals surface area contributed by atoms with Gasteiger partial charge in [-0.3, -0.25) is 9.88 Å². The maximum atomic E-state index is 12.9. The minimum absolute atomic E-state index is 0.0244. The highest BCUT2D eigenvalue weighted by molar-refractivity contribution is 5.48. The standard InChI is InChI=1S/C28H40F3N7O3/c29-28(30,31)24-14-33-15-25(35-24)34-22-18-41-23(27(40)26(22)39)17-37-11-9-36(10-12-37)16-20-5-7-38(8-6-20)21-3-1-19(13-32)2-4-21/h1-4,14-15,20,22-23,26-27,39-40H,5-13,16-18,32H2,(H,34,35)/t22-,23+,26+,27-/m0/s1. The molecule has 3 aliphatic heterocycles. The van der Waals surface area contributed by atoms with Crippen molar-refractivity contribution in [1.82, 2.24) is 19.8 Å². The van der Waals surface area contributed by atoms with Gasteiger partial charge in [-0.25, -0.2) is 4.98 Å². The van der Waals surface area contributed by atoms with Gasteiger partial charge in [0.2, 0.25) is 0 Å². The van der Waals surface area contributed by atoms with Crippen LogP contribution in [0.1, 0.15) is 24.1 Å². The fraction of sp³-hybridized carbons (Fsp3) is 0.643. The quantitative estimate of drug-likeness (QED) is 0.365. The van der Waals surface area contributed by atoms with Crippen molar-refractivity contribution in [1.29, 1.82) is 0 Å². The van der Waals surface area contributed by atoms with Crippen molar-refractivity contribution >= 4 is 11.5 Å². The van der Waals surface area contributed by atoms with Crippen LogP contribution in [0.3, 0.4) is 0 Å². The van der Waals surface area contributed by atoms with Gasteiger partial charge < -0.3 is 35.8 Å². The van der Waals surface area contributed by atoms with Crippen LogP contribution < -0.4 is 16.0 Å². The molecule has 4 heterocycles. The lowest BCUT2D eigenvalue weighted by molar-refractivity contribution is -0.148. The van der Waals surface area contributed by atoms with Crippen LogP contribution in [0.5, 0.6) is 0 Å². The number of hydrogen-bond donors (Lipinski definition) is 4. The zero-order valence-corrected chi connectivity index (χ0v) is 23.1. The summed E-state index contributed by atoms with van der Waals surface area (Å²) in [6.45, 7) is 7.82. The predicted molar refractivity (Wildman–Crippen MR) is 148 cm³/mol. The molecule has 226 valence electrons. The van der Waals surface area contributed by atoms with Gasteiger partial charge >= 0.3 is 6.18 Å². The summed E-state index contributed by atoms with van der Waals surface area (Å²) in [5, 5.41) is 24.1. The van der Waals surface area contributed by atoms with Crippen molar-refractivity contribution in [2.75, 3.05) is 69.2 Å². The maximum Gasteiger partial charge on any atom is 0.434 e. The summed E-state index contributed by atoms with van der Waals surface area (Å²) in [7, 11) is 0. The second kappa shape index (κ2) is 13.2. The number of piperidine rings is 1. The lowest BCUT2D eigenvalue weighted by atomic mass is 9.95. The lowest BCUT2D eigenvalue weighted by Crippen LogP contribution is -2.59. The monoisotopic (exact) mass is 579 g/mol. The molecular weight excluding hydrogens is 539 g/mol. The highest BCUT2D eigenvalue weighted by atomic mass is 19.4. The van der Waals surface area contributed by atoms with Gasteiger partial charge in [0.25, 0.3) is 0 Å². The summed E-state index contributed by atoms with van der Waals surface area (Å²) < 4.78 is 44.7. The number of aliphatic hydroxyl groups excluding tert-OH is 2. The van der Waals surface area contributed by atoms with E-state index in [1.807, 2.05) is 0 Å². The Bertz CT molecular complexity index is 1110. The molecule has 13 heteroatoms. The summed E-state index contributed by atoms with van der Waals surface area (Å²) in [6, 6.07) is 7.71. The van der Waals surface area contributed by atoms with Crippen molar-refractivity contribution in [3.63, 3.8) is 0 Å². The number of halogens is 3. The molecule has 4 atom stereocenters. The Hall–Kier alpha value is -2.55. The Balaban J connectivity index is 1.02. The molecule has 0 aliphatic carbocycles. The number of piperazine rings is 1. The van der Waals surface area contributed by atoms with Crippen LogP contribution >= 0.6 is 0 Å². The minimum Gasteiger partial charge on any atom is -0.388 e. The molecule has 1 aromatic carbocycles. The smallest absolute Gasteiger partial charge is 0.388 e. The Morgan fingerprint density at radius 2 is 1.59 bits per heavy atom. The number of nitrogens with two attached hydrogens (primary N) is 1. The largest absolute Gasteiger partial charge is 0.434 e. The van der Waals surface area contributed by atoms with E-state index in [-0.39, 0.29) is 12.4 Å². The van der Waals surface area contributed by atoms with Crippen molar-refractivity contribution < 1.29 is 28.1 Å². The van der Waals surface area contributed by atoms with E-state index < -0.39 is 36.2 Å². The normalized spacial score (nSPS) is 27.2. The highest BCUT2D eigenvalue weighted by Crippen LogP contribution is 2.28. The van der Waals surface area contributed by atoms with E-state index >= 15 is 0 Å². The van der Waals surface area contributed by atoms with Gasteiger partial charge in [0, 0.05) is 64.6 Å². The molecule has 3 fully saturated rings. The van der Waals surface area contributed by atoms with Crippen molar-refractivity contribution in [3.05, 3.63) is 47.9 Å². The SMILES string of the molecule is NCc1ccc(N2CCC(CN3CCN(C[C@H]4OC[C@H](Nc5cncc(C(F)(F)F)n5)[C@@H](O)[C@H]4O)CC3)CC2)cc1. The number of hydrogen-bond acceptors (Lipinski definition) is 10. The van der Waals surface area contributed by atoms with E-state index in [4.69, 9.17) is 10.5 Å². The number of aliphatic hydroxyl groups is 2. The minimum atomic E-state index is -4.63. The third kappa shape index (κ3) is 7.65. The first-order valence-electron chi connectivity index (χ1n) is 14.3. The average Bonchev–Trinajstić information content (AvgIpc) is 2.98. The first-order chi connectivity index (χ1) is 19.7. The van der Waals surface area contributed by atoms with Gasteiger partial charge in [-0.05, 0) is 36.5 Å². The van der Waals surface area contributed by atoms with Crippen LogP contribution in [0.2, 0.25) is 0 Å². The molecule has 5 rings (SSSR count). The fourth-order valence-electron chi connectivity index (χ4n) is 5.92. The van der Waals surface area contributed by atoms with E-state index in [0.29, 0.717) is 25.2 Å². The van der Waals surface area contributed by atoms with Crippen LogP contribution in [0.15, 0.2) is 36.7 Å². The molecule has 2 aromatic rings. The molecule has 41 heavy (non-hydrogen) atoms. The van der Waals surface area contributed by atoms with Crippen LogP contribution in [-0.4, -0.2) is 113 Å². The van der Waals surface area contributed by atoms with Gasteiger partial charge in [0.15, 0.2) is 5.69 Å². The zero-order valence-electron chi connectivity index (χ0n) is 23.1. The first kappa shape index (κ1) is 29.9. The average molecular weight is 580 g/mol. The Labute approximate surface area is 238 Å². The maximum absolute atomic E-state index is 12.9. The van der Waals surface area contributed by atoms with Crippen LogP contribution in [-0.2, 0) is 17.5 Å². The van der Waals surface area contributed by atoms with Crippen LogP contribution in [0.25, 0.3) is 0 Å². The number of anilines is 2. The number of nitrogens with zero attached hydrogens (tertiary/aromatic N) is 5. The summed E-state index contributed by atoms with van der Waals surface area (Å²) >= 11 is 0. The van der Waals surface area contributed by atoms with Crippen LogP contribution in [0.4, 0.5) is 24.7 Å². The molecule has 3 aliphatic rings. The van der Waals surface area contributed by atoms with E-state index in [2.05, 4.69) is 54.2 Å². The Kier molecular flexibility index (Phi) is 9.62. The molecule has 0 amide bonds. The van der Waals surface area contributed by atoms with Gasteiger partial charge in [0.05, 0.1) is 31.1 Å². The molecule has 0 bridgehead atoms. The molecule has 0 unspecified atom stereocenters. The molecule has 0 saturated carbocycles. The lowest BCUT2D eigenvalue weighted by Gasteiger charge is -2.43. The van der Waals surface area contributed by atoms with Crippen LogP contribution in [0, 0.1) is 5.92 Å². The third-order valence-corrected chi connectivity index (χ3v) is 8.46. The molecular formula is C28H40F3N7O3. The number of benzene rings is 1. The van der Waals surface area contributed by atoms with E-state index in [1.165, 1.54) is 18.5 Å². The third-order valence-electron chi connectivity index (χ3n) is 8.46. The second-order valence-electron chi connectivity index (χ2n) is 11.3. The van der Waals surface area contributed by atoms with Crippen molar-refractivity contribution in [2.45, 2.75) is 49.9 Å². The molecule has 1 aromatic heterocycles. The summed E-state index contributed by atoms with van der Waals surface area (Å²) in [6.07, 6.45) is -3.52. The first-order valence-corrected chi connectivity index (χ1v) is 14.3. The van der Waals surface area contributed by atoms with E-state index in [9.17, 15) is 23.4 Å². The topological polar surface area (TPSA) is 123 Å². The summed E-state index contributed by atoms with van der Waals surface area (Å²) in [4.78, 5) is 14.3. The number of rotatable bonds is 8. The Morgan fingerprint density at radius 1 is 0.927 bits per heavy atom. The van der Waals surface area contributed by atoms with Crippen molar-refractivity contribution in [3.8, 4) is 0 Å². The van der Waals surface area contributed by atoms with E-state index in [1.54, 1.807) is 0 Å². The molecule has 0 spiro atoms. The number of nitrogens with one attached hydrogen (secondary N) is 1. The number of aromatic nitrogens is 2. The van der Waals surface area contributed by atoms with Gasteiger partial charge in [-0.2, -0.15) is 13.2 Å². The molecule has 10 nitrogen and oxygen atoms in total. The van der Waals surface area contributed by atoms with Gasteiger partial charge in [-0.15, -0.1) is 0 Å². The predicted octanol–water partition coefficient (Wildman–Crippen LogP) is 1.39. The highest BCUT2D eigenvalue weighted by Gasteiger charge is 2.40. The zero-order chi connectivity index (χ0) is 29.0. The molecule has 5 N–H and O–H groups in total. The van der Waals surface area contributed by atoms with Gasteiger partial charge in [0.1, 0.15) is 18.0 Å².